The van der Waals surface area contributed by atoms with E-state index in [4.69, 9.17) is 9.47 Å². The summed E-state index contributed by atoms with van der Waals surface area (Å²) < 4.78 is 11.0. The molecule has 0 aliphatic heterocycles. The van der Waals surface area contributed by atoms with Crippen LogP contribution in [0.5, 0.6) is 11.5 Å². The van der Waals surface area contributed by atoms with Gasteiger partial charge in [-0.3, -0.25) is 4.79 Å². The highest BCUT2D eigenvalue weighted by Gasteiger charge is 2.14. The van der Waals surface area contributed by atoms with Crippen molar-refractivity contribution in [3.63, 3.8) is 0 Å². The van der Waals surface area contributed by atoms with Crippen LogP contribution in [0.2, 0.25) is 0 Å². The lowest BCUT2D eigenvalue weighted by Gasteiger charge is -2.13. The van der Waals surface area contributed by atoms with E-state index in [9.17, 15) is 4.79 Å². The first-order valence-corrected chi connectivity index (χ1v) is 9.83. The van der Waals surface area contributed by atoms with Gasteiger partial charge in [0.2, 0.25) is 0 Å². The number of carbonyl (C=O) groups excluding carboxylic acids is 1. The molecule has 3 aromatic rings. The van der Waals surface area contributed by atoms with Crippen molar-refractivity contribution in [3.05, 3.63) is 95.6 Å². The lowest BCUT2D eigenvalue weighted by atomic mass is 10.0. The van der Waals surface area contributed by atoms with Crippen LogP contribution in [0.1, 0.15) is 28.4 Å². The van der Waals surface area contributed by atoms with E-state index in [0.717, 1.165) is 30.0 Å². The Balaban J connectivity index is 1.46. The van der Waals surface area contributed by atoms with E-state index in [1.165, 1.54) is 5.56 Å². The predicted octanol–water partition coefficient (Wildman–Crippen LogP) is 4.68. The van der Waals surface area contributed by atoms with Crippen molar-refractivity contribution in [2.75, 3.05) is 13.7 Å². The summed E-state index contributed by atoms with van der Waals surface area (Å²) in [5, 5.41) is 3.31. The van der Waals surface area contributed by atoms with Gasteiger partial charge in [0, 0.05) is 5.56 Å². The Bertz CT molecular complexity index is 890. The molecule has 0 radical (unpaired) electrons. The van der Waals surface area contributed by atoms with Crippen LogP contribution in [-0.4, -0.2) is 25.5 Å². The van der Waals surface area contributed by atoms with Crippen molar-refractivity contribution >= 4 is 5.78 Å². The van der Waals surface area contributed by atoms with Crippen LogP contribution in [0.25, 0.3) is 0 Å². The predicted molar refractivity (Wildman–Crippen MR) is 116 cm³/mol. The fraction of sp³-hybridized carbons (Fsp3) is 0.240. The largest absolute Gasteiger partial charge is 0.497 e. The Morgan fingerprint density at radius 2 is 1.52 bits per heavy atom. The Morgan fingerprint density at radius 1 is 0.862 bits per heavy atom. The smallest absolute Gasteiger partial charge is 0.179 e. The molecule has 0 heterocycles. The van der Waals surface area contributed by atoms with Crippen LogP contribution >= 0.6 is 0 Å². The van der Waals surface area contributed by atoms with Gasteiger partial charge in [-0.15, -0.1) is 0 Å². The van der Waals surface area contributed by atoms with E-state index in [0.29, 0.717) is 12.2 Å². The minimum absolute atomic E-state index is 0.0781. The molecule has 0 aromatic heterocycles. The van der Waals surface area contributed by atoms with Gasteiger partial charge in [-0.25, -0.2) is 0 Å². The molecule has 29 heavy (non-hydrogen) atoms. The third-order valence-corrected chi connectivity index (χ3v) is 4.80. The summed E-state index contributed by atoms with van der Waals surface area (Å²) in [7, 11) is 1.66. The monoisotopic (exact) mass is 389 g/mol. The van der Waals surface area contributed by atoms with Crippen LogP contribution in [0.4, 0.5) is 0 Å². The first kappa shape index (κ1) is 20.6. The summed E-state index contributed by atoms with van der Waals surface area (Å²) >= 11 is 0. The standard InChI is InChI=1S/C25H27NO3/c1-19(26-17-16-20-8-12-23(28-2)13-9-20)25(27)22-10-14-24(15-11-22)29-18-21-6-4-3-5-7-21/h3-15,19,26H,16-18H2,1-2H3. The number of hydrogen-bond acceptors (Lipinski definition) is 4. The van der Waals surface area contributed by atoms with Crippen molar-refractivity contribution in [3.8, 4) is 11.5 Å². The molecule has 3 aromatic carbocycles. The molecule has 0 saturated carbocycles. The number of carbonyl (C=O) groups is 1. The summed E-state index contributed by atoms with van der Waals surface area (Å²) in [6, 6.07) is 25.1. The van der Waals surface area contributed by atoms with Gasteiger partial charge in [0.25, 0.3) is 0 Å². The number of benzene rings is 3. The number of rotatable bonds is 10. The summed E-state index contributed by atoms with van der Waals surface area (Å²) in [5.41, 5.74) is 3.00. The molecule has 0 aliphatic rings. The maximum absolute atomic E-state index is 12.6. The Hall–Kier alpha value is -3.11. The summed E-state index contributed by atoms with van der Waals surface area (Å²) in [6.07, 6.45) is 0.855. The maximum Gasteiger partial charge on any atom is 0.179 e. The van der Waals surface area contributed by atoms with Gasteiger partial charge in [-0.05, 0) is 67.4 Å². The van der Waals surface area contributed by atoms with Gasteiger partial charge in [-0.2, -0.15) is 0 Å². The molecule has 4 heteroatoms. The van der Waals surface area contributed by atoms with Crippen molar-refractivity contribution in [2.45, 2.75) is 26.0 Å². The number of Topliss-reactive ketones (excluding diaryl/α,β-unsaturated/α-hetero) is 1. The normalized spacial score (nSPS) is 11.7. The van der Waals surface area contributed by atoms with Crippen molar-refractivity contribution in [1.82, 2.24) is 5.32 Å². The maximum atomic E-state index is 12.6. The van der Waals surface area contributed by atoms with Crippen LogP contribution < -0.4 is 14.8 Å². The van der Waals surface area contributed by atoms with E-state index in [2.05, 4.69) is 5.32 Å². The fourth-order valence-electron chi connectivity index (χ4n) is 3.02. The van der Waals surface area contributed by atoms with Gasteiger partial charge in [0.15, 0.2) is 5.78 Å². The second kappa shape index (κ2) is 10.4. The van der Waals surface area contributed by atoms with E-state index >= 15 is 0 Å². The van der Waals surface area contributed by atoms with E-state index in [1.807, 2.05) is 85.8 Å². The van der Waals surface area contributed by atoms with E-state index in [1.54, 1.807) is 7.11 Å². The first-order valence-electron chi connectivity index (χ1n) is 9.83. The molecule has 0 spiro atoms. The number of methoxy groups -OCH3 is 1. The van der Waals surface area contributed by atoms with Crippen LogP contribution in [0.3, 0.4) is 0 Å². The Labute approximate surface area is 172 Å². The summed E-state index contributed by atoms with van der Waals surface area (Å²) in [6.45, 7) is 3.14. The molecular weight excluding hydrogens is 362 g/mol. The first-order chi connectivity index (χ1) is 14.2. The summed E-state index contributed by atoms with van der Waals surface area (Å²) in [5.74, 6) is 1.68. The molecule has 0 amide bonds. The lowest BCUT2D eigenvalue weighted by Crippen LogP contribution is -2.35. The number of nitrogens with one attached hydrogen (secondary N) is 1. The third kappa shape index (κ3) is 6.19. The highest BCUT2D eigenvalue weighted by atomic mass is 16.5. The number of ether oxygens (including phenoxy) is 2. The van der Waals surface area contributed by atoms with E-state index < -0.39 is 0 Å². The SMILES string of the molecule is COc1ccc(CCNC(C)C(=O)c2ccc(OCc3ccccc3)cc2)cc1. The highest BCUT2D eigenvalue weighted by Crippen LogP contribution is 2.16. The molecule has 0 saturated heterocycles. The Kier molecular flexibility index (Phi) is 7.42. The molecule has 3 rings (SSSR count). The minimum Gasteiger partial charge on any atom is -0.497 e. The third-order valence-electron chi connectivity index (χ3n) is 4.80. The number of hydrogen-bond donors (Lipinski definition) is 1. The summed E-state index contributed by atoms with van der Waals surface area (Å²) in [4.78, 5) is 12.6. The van der Waals surface area contributed by atoms with E-state index in [-0.39, 0.29) is 11.8 Å². The molecule has 1 atom stereocenters. The molecule has 1 unspecified atom stereocenters. The average molecular weight is 389 g/mol. The zero-order valence-corrected chi connectivity index (χ0v) is 16.9. The Morgan fingerprint density at radius 3 is 2.17 bits per heavy atom. The zero-order valence-electron chi connectivity index (χ0n) is 16.9. The molecular formula is C25H27NO3. The average Bonchev–Trinajstić information content (AvgIpc) is 2.78. The molecule has 4 nitrogen and oxygen atoms in total. The molecule has 0 fully saturated rings. The molecule has 1 N–H and O–H groups in total. The van der Waals surface area contributed by atoms with Crippen molar-refractivity contribution < 1.29 is 14.3 Å². The van der Waals surface area contributed by atoms with Gasteiger partial charge < -0.3 is 14.8 Å². The van der Waals surface area contributed by atoms with Crippen LogP contribution in [0.15, 0.2) is 78.9 Å². The molecule has 0 aliphatic carbocycles. The van der Waals surface area contributed by atoms with Gasteiger partial charge in [0.05, 0.1) is 13.2 Å². The fourth-order valence-corrected chi connectivity index (χ4v) is 3.02. The van der Waals surface area contributed by atoms with Crippen molar-refractivity contribution in [2.24, 2.45) is 0 Å². The second-order valence-corrected chi connectivity index (χ2v) is 6.94. The second-order valence-electron chi connectivity index (χ2n) is 6.94. The number of ketones is 1. The van der Waals surface area contributed by atoms with Crippen molar-refractivity contribution in [1.29, 1.82) is 0 Å². The topological polar surface area (TPSA) is 47.6 Å². The lowest BCUT2D eigenvalue weighted by molar-refractivity contribution is 0.0951. The quantitative estimate of drug-likeness (QED) is 0.512. The van der Waals surface area contributed by atoms with Gasteiger partial charge in [-0.1, -0.05) is 42.5 Å². The van der Waals surface area contributed by atoms with Crippen LogP contribution in [-0.2, 0) is 13.0 Å². The van der Waals surface area contributed by atoms with Gasteiger partial charge in [0.1, 0.15) is 18.1 Å². The highest BCUT2D eigenvalue weighted by molar-refractivity contribution is 5.99. The minimum atomic E-state index is -0.246. The zero-order chi connectivity index (χ0) is 20.5. The van der Waals surface area contributed by atoms with Gasteiger partial charge >= 0.3 is 0 Å². The molecule has 0 bridgehead atoms. The molecule has 150 valence electrons. The van der Waals surface area contributed by atoms with Crippen LogP contribution in [0, 0.1) is 0 Å².